The quantitative estimate of drug-likeness (QED) is 0.378. The van der Waals surface area contributed by atoms with Crippen LogP contribution in [0.25, 0.3) is 22.4 Å². The van der Waals surface area contributed by atoms with Gasteiger partial charge < -0.3 is 10.1 Å². The van der Waals surface area contributed by atoms with Gasteiger partial charge in [0.15, 0.2) is 6.29 Å². The van der Waals surface area contributed by atoms with Gasteiger partial charge in [-0.1, -0.05) is 41.9 Å². The highest BCUT2D eigenvalue weighted by Crippen LogP contribution is 2.39. The van der Waals surface area contributed by atoms with Crippen molar-refractivity contribution in [3.05, 3.63) is 92.4 Å². The average molecular weight is 503 g/mol. The summed E-state index contributed by atoms with van der Waals surface area (Å²) in [5.74, 6) is -0.301. The zero-order valence-electron chi connectivity index (χ0n) is 20.1. The lowest BCUT2D eigenvalue weighted by Crippen LogP contribution is -2.28. The minimum atomic E-state index is -0.528. The van der Waals surface area contributed by atoms with E-state index in [1.54, 1.807) is 18.2 Å². The number of nitrogens with zero attached hydrogens (tertiary/aromatic N) is 3. The number of carbonyl (C=O) groups is 2. The smallest absolute Gasteiger partial charge is 0.279 e. The van der Waals surface area contributed by atoms with Gasteiger partial charge in [-0.15, -0.1) is 0 Å². The Labute approximate surface area is 212 Å². The number of pyridine rings is 1. The van der Waals surface area contributed by atoms with Crippen molar-refractivity contribution in [3.63, 3.8) is 0 Å². The monoisotopic (exact) mass is 502 g/mol. The molecule has 0 saturated heterocycles. The third-order valence-electron chi connectivity index (χ3n) is 5.94. The molecule has 0 aliphatic rings. The molecule has 1 amide bonds. The predicted octanol–water partition coefficient (Wildman–Crippen LogP) is 4.85. The van der Waals surface area contributed by atoms with Gasteiger partial charge in [-0.25, -0.2) is 9.67 Å². The van der Waals surface area contributed by atoms with Gasteiger partial charge in [0.05, 0.1) is 23.4 Å². The fourth-order valence-electron chi connectivity index (χ4n) is 3.96. The summed E-state index contributed by atoms with van der Waals surface area (Å²) in [4.78, 5) is 41.0. The Kier molecular flexibility index (Phi) is 6.98. The van der Waals surface area contributed by atoms with E-state index in [0.29, 0.717) is 33.8 Å². The van der Waals surface area contributed by atoms with Gasteiger partial charge in [-0.05, 0) is 48.7 Å². The molecule has 4 aromatic rings. The van der Waals surface area contributed by atoms with Crippen LogP contribution >= 0.6 is 11.6 Å². The third-order valence-corrected chi connectivity index (χ3v) is 6.35. The van der Waals surface area contributed by atoms with E-state index < -0.39 is 11.5 Å². The third kappa shape index (κ3) is 4.50. The van der Waals surface area contributed by atoms with E-state index in [-0.39, 0.29) is 11.4 Å². The van der Waals surface area contributed by atoms with Gasteiger partial charge in [-0.3, -0.25) is 14.4 Å². The summed E-state index contributed by atoms with van der Waals surface area (Å²) in [6, 6.07) is 14.2. The highest BCUT2D eigenvalue weighted by molar-refractivity contribution is 6.36. The van der Waals surface area contributed by atoms with Gasteiger partial charge in [0.25, 0.3) is 11.5 Å². The van der Waals surface area contributed by atoms with Crippen molar-refractivity contribution in [1.29, 1.82) is 0 Å². The number of aryl methyl sites for hydroxylation is 2. The summed E-state index contributed by atoms with van der Waals surface area (Å²) in [5.41, 5.74) is 4.70. The SMILES string of the molecule is COc1nc(-c2cccc(-c3cccc(NC(=O)c4ccnn(C)c4=O)c3C)c2Cl)cc(C)c1C=O. The number of benzene rings is 2. The first-order valence-corrected chi connectivity index (χ1v) is 11.4. The molecule has 9 heteroatoms. The number of hydrogen-bond acceptors (Lipinski definition) is 6. The average Bonchev–Trinajstić information content (AvgIpc) is 2.86. The first kappa shape index (κ1) is 24.8. The summed E-state index contributed by atoms with van der Waals surface area (Å²) >= 11 is 6.87. The number of hydrogen-bond donors (Lipinski definition) is 1. The number of ether oxygens (including phenoxy) is 1. The van der Waals surface area contributed by atoms with Crippen molar-refractivity contribution in [3.8, 4) is 28.3 Å². The number of halogens is 1. The maximum atomic E-state index is 12.8. The molecular formula is C27H23ClN4O4. The van der Waals surface area contributed by atoms with Crippen LogP contribution in [0.2, 0.25) is 5.02 Å². The number of aldehydes is 1. The molecule has 0 aliphatic carbocycles. The van der Waals surface area contributed by atoms with Gasteiger partial charge in [0, 0.05) is 30.1 Å². The van der Waals surface area contributed by atoms with Crippen LogP contribution in [0.4, 0.5) is 5.69 Å². The topological polar surface area (TPSA) is 103 Å². The van der Waals surface area contributed by atoms with Crippen molar-refractivity contribution in [1.82, 2.24) is 14.8 Å². The summed E-state index contributed by atoms with van der Waals surface area (Å²) in [7, 11) is 2.94. The highest BCUT2D eigenvalue weighted by atomic mass is 35.5. The molecule has 0 unspecified atom stereocenters. The molecule has 0 radical (unpaired) electrons. The molecule has 2 heterocycles. The van der Waals surface area contributed by atoms with Crippen LogP contribution < -0.4 is 15.6 Å². The Morgan fingerprint density at radius 3 is 2.50 bits per heavy atom. The largest absolute Gasteiger partial charge is 0.480 e. The Hall–Kier alpha value is -4.30. The van der Waals surface area contributed by atoms with Crippen LogP contribution in [0, 0.1) is 13.8 Å². The zero-order valence-corrected chi connectivity index (χ0v) is 20.9. The fourth-order valence-corrected chi connectivity index (χ4v) is 4.28. The Morgan fingerprint density at radius 2 is 1.78 bits per heavy atom. The normalized spacial score (nSPS) is 10.7. The van der Waals surface area contributed by atoms with Crippen molar-refractivity contribution < 1.29 is 14.3 Å². The van der Waals surface area contributed by atoms with Crippen LogP contribution in [-0.2, 0) is 7.05 Å². The number of nitrogens with one attached hydrogen (secondary N) is 1. The van der Waals surface area contributed by atoms with Crippen LogP contribution in [0.15, 0.2) is 59.5 Å². The van der Waals surface area contributed by atoms with E-state index in [4.69, 9.17) is 16.3 Å². The number of rotatable bonds is 6. The molecule has 0 aliphatic heterocycles. The van der Waals surface area contributed by atoms with Crippen LogP contribution in [0.1, 0.15) is 31.8 Å². The Morgan fingerprint density at radius 1 is 1.08 bits per heavy atom. The molecule has 0 fully saturated rings. The van der Waals surface area contributed by atoms with Crippen LogP contribution in [0.5, 0.6) is 5.88 Å². The van der Waals surface area contributed by atoms with Crippen molar-refractivity contribution in [2.45, 2.75) is 13.8 Å². The molecule has 0 spiro atoms. The molecule has 36 heavy (non-hydrogen) atoms. The van der Waals surface area contributed by atoms with E-state index in [1.165, 1.54) is 26.4 Å². The maximum absolute atomic E-state index is 12.8. The highest BCUT2D eigenvalue weighted by Gasteiger charge is 2.18. The number of methoxy groups -OCH3 is 1. The molecular weight excluding hydrogens is 480 g/mol. The van der Waals surface area contributed by atoms with Gasteiger partial charge in [0.1, 0.15) is 5.56 Å². The molecule has 8 nitrogen and oxygen atoms in total. The predicted molar refractivity (Wildman–Crippen MR) is 139 cm³/mol. The Bertz CT molecular complexity index is 1560. The molecule has 0 saturated carbocycles. The van der Waals surface area contributed by atoms with E-state index in [2.05, 4.69) is 15.4 Å². The minimum Gasteiger partial charge on any atom is -0.480 e. The number of amides is 1. The maximum Gasteiger partial charge on any atom is 0.279 e. The molecule has 0 atom stereocenters. The first-order valence-electron chi connectivity index (χ1n) is 11.0. The second-order valence-corrected chi connectivity index (χ2v) is 8.52. The van der Waals surface area contributed by atoms with Crippen molar-refractivity contribution >= 4 is 29.5 Å². The number of carbonyl (C=O) groups excluding carboxylic acids is 2. The lowest BCUT2D eigenvalue weighted by molar-refractivity contribution is 0.102. The standard InChI is InChI=1S/C27H23ClN4O4/c1-15-13-23(31-26(36-4)21(15)14-33)19-9-5-8-18(24(19)28)17-7-6-10-22(16(17)2)30-25(34)20-11-12-29-32(3)27(20)35/h5-14H,1-4H3,(H,30,34). The molecule has 0 bridgehead atoms. The second-order valence-electron chi connectivity index (χ2n) is 8.14. The summed E-state index contributed by atoms with van der Waals surface area (Å²) in [6.07, 6.45) is 2.12. The van der Waals surface area contributed by atoms with Crippen LogP contribution in [0.3, 0.4) is 0 Å². The molecule has 182 valence electrons. The molecule has 1 N–H and O–H groups in total. The van der Waals surface area contributed by atoms with Gasteiger partial charge in [-0.2, -0.15) is 5.10 Å². The number of aromatic nitrogens is 3. The van der Waals surface area contributed by atoms with Crippen molar-refractivity contribution in [2.75, 3.05) is 12.4 Å². The minimum absolute atomic E-state index is 0.00787. The zero-order chi connectivity index (χ0) is 26.0. The Balaban J connectivity index is 1.76. The van der Waals surface area contributed by atoms with Crippen molar-refractivity contribution in [2.24, 2.45) is 7.05 Å². The molecule has 2 aromatic heterocycles. The van der Waals surface area contributed by atoms with E-state index >= 15 is 0 Å². The van der Waals surface area contributed by atoms with E-state index in [1.807, 2.05) is 38.1 Å². The molecule has 2 aromatic carbocycles. The van der Waals surface area contributed by atoms with Gasteiger partial charge >= 0.3 is 0 Å². The van der Waals surface area contributed by atoms with E-state index in [9.17, 15) is 14.4 Å². The summed E-state index contributed by atoms with van der Waals surface area (Å²) < 4.78 is 6.41. The summed E-state index contributed by atoms with van der Waals surface area (Å²) in [5, 5.41) is 7.13. The lowest BCUT2D eigenvalue weighted by atomic mass is 9.96. The summed E-state index contributed by atoms with van der Waals surface area (Å²) in [6.45, 7) is 3.67. The second kappa shape index (κ2) is 10.1. The van der Waals surface area contributed by atoms with Crippen LogP contribution in [-0.4, -0.2) is 34.1 Å². The first-order chi connectivity index (χ1) is 17.3. The van der Waals surface area contributed by atoms with E-state index in [0.717, 1.165) is 26.9 Å². The number of anilines is 1. The fraction of sp³-hybridized carbons (Fsp3) is 0.148. The van der Waals surface area contributed by atoms with Gasteiger partial charge in [0.2, 0.25) is 5.88 Å². The lowest BCUT2D eigenvalue weighted by Gasteiger charge is -2.16. The molecule has 4 rings (SSSR count).